The van der Waals surface area contributed by atoms with Gasteiger partial charge in [0, 0.05) is 52.2 Å². The summed E-state index contributed by atoms with van der Waals surface area (Å²) in [6, 6.07) is -0.373. The molecule has 0 radical (unpaired) electrons. The van der Waals surface area contributed by atoms with Gasteiger partial charge in [0.2, 0.25) is 0 Å². The van der Waals surface area contributed by atoms with Crippen LogP contribution in [0.1, 0.15) is 67.2 Å². The first kappa shape index (κ1) is 31.9. The van der Waals surface area contributed by atoms with Crippen LogP contribution in [0.15, 0.2) is 0 Å². The molecule has 4 atom stereocenters. The van der Waals surface area contributed by atoms with Crippen molar-refractivity contribution in [2.24, 2.45) is 0 Å². The third-order valence-electron chi connectivity index (χ3n) is 6.74. The smallest absolute Gasteiger partial charge is 0.320 e. The van der Waals surface area contributed by atoms with Crippen molar-refractivity contribution in [1.29, 1.82) is 0 Å². The zero-order chi connectivity index (χ0) is 27.6. The number of ether oxygens (including phenoxy) is 2. The second-order valence-corrected chi connectivity index (χ2v) is 12.4. The first-order valence-electron chi connectivity index (χ1n) is 13.9. The van der Waals surface area contributed by atoms with Crippen LogP contribution in [-0.2, 0) is 19.1 Å². The maximum Gasteiger partial charge on any atom is 0.320 e. The van der Waals surface area contributed by atoms with Gasteiger partial charge >= 0.3 is 11.9 Å². The van der Waals surface area contributed by atoms with Crippen LogP contribution in [0, 0.1) is 0 Å². The van der Waals surface area contributed by atoms with E-state index in [2.05, 4.69) is 19.6 Å². The minimum absolute atomic E-state index is 0.00491. The van der Waals surface area contributed by atoms with E-state index in [-0.39, 0.29) is 18.4 Å². The zero-order valence-corrected chi connectivity index (χ0v) is 24.1. The summed E-state index contributed by atoms with van der Waals surface area (Å²) >= 11 is 0. The Morgan fingerprint density at radius 1 is 0.784 bits per heavy atom. The third-order valence-corrected chi connectivity index (χ3v) is 6.74. The van der Waals surface area contributed by atoms with Gasteiger partial charge in [0.05, 0.1) is 18.2 Å². The van der Waals surface area contributed by atoms with Gasteiger partial charge in [0.25, 0.3) is 0 Å². The molecular weight excluding hydrogens is 476 g/mol. The Bertz CT molecular complexity index is 708. The van der Waals surface area contributed by atoms with Gasteiger partial charge in [0.15, 0.2) is 6.29 Å². The number of nitrogens with zero attached hydrogens (tertiary/aromatic N) is 4. The first-order valence-corrected chi connectivity index (χ1v) is 13.9. The number of carboxylic acid groups (broad SMARTS) is 1. The first-order chi connectivity index (χ1) is 17.2. The highest BCUT2D eigenvalue weighted by atomic mass is 16.6. The summed E-state index contributed by atoms with van der Waals surface area (Å²) in [5.41, 5.74) is -1.00. The zero-order valence-electron chi connectivity index (χ0n) is 24.1. The van der Waals surface area contributed by atoms with Crippen LogP contribution >= 0.6 is 0 Å². The Morgan fingerprint density at radius 2 is 1.35 bits per heavy atom. The van der Waals surface area contributed by atoms with Crippen LogP contribution in [0.5, 0.6) is 0 Å². The van der Waals surface area contributed by atoms with E-state index in [1.54, 1.807) is 0 Å². The van der Waals surface area contributed by atoms with Crippen molar-refractivity contribution in [3.8, 4) is 0 Å². The van der Waals surface area contributed by atoms with Crippen molar-refractivity contribution in [2.75, 3.05) is 72.0 Å². The van der Waals surface area contributed by atoms with Crippen molar-refractivity contribution in [3.63, 3.8) is 0 Å². The molecule has 2 saturated heterocycles. The molecule has 2 aliphatic heterocycles. The number of aliphatic carboxylic acids is 1. The van der Waals surface area contributed by atoms with Gasteiger partial charge in [-0.1, -0.05) is 0 Å². The summed E-state index contributed by atoms with van der Waals surface area (Å²) < 4.78 is 11.4. The molecule has 2 N–H and O–H groups in total. The Kier molecular flexibility index (Phi) is 12.7. The number of aliphatic hydroxyl groups is 1. The molecule has 216 valence electrons. The van der Waals surface area contributed by atoms with E-state index < -0.39 is 23.5 Å². The second-order valence-electron chi connectivity index (χ2n) is 12.4. The number of carbonyl (C=O) groups is 2. The van der Waals surface area contributed by atoms with E-state index in [0.29, 0.717) is 13.0 Å². The molecular formula is C27H52N4O6. The van der Waals surface area contributed by atoms with E-state index in [1.807, 2.05) is 41.5 Å². The summed E-state index contributed by atoms with van der Waals surface area (Å²) in [6.07, 6.45) is 1.16. The molecule has 2 fully saturated rings. The fraction of sp³-hybridized carbons (Fsp3) is 0.926. The highest BCUT2D eigenvalue weighted by Crippen LogP contribution is 2.20. The van der Waals surface area contributed by atoms with Gasteiger partial charge in [-0.15, -0.1) is 0 Å². The molecule has 0 aromatic rings. The molecule has 2 rings (SSSR count). The maximum absolute atomic E-state index is 12.4. The molecule has 2 aliphatic rings. The number of esters is 1. The van der Waals surface area contributed by atoms with E-state index in [9.17, 15) is 19.8 Å². The van der Waals surface area contributed by atoms with Crippen molar-refractivity contribution in [1.82, 2.24) is 19.6 Å². The molecule has 10 heteroatoms. The fourth-order valence-corrected chi connectivity index (χ4v) is 5.01. The van der Waals surface area contributed by atoms with Crippen LogP contribution in [0.4, 0.5) is 0 Å². The number of fused-ring (bicyclic) bond motifs is 3. The van der Waals surface area contributed by atoms with Crippen LogP contribution in [0.2, 0.25) is 0 Å². The number of hydrogen-bond donors (Lipinski definition) is 2. The molecule has 0 saturated carbocycles. The van der Waals surface area contributed by atoms with Crippen LogP contribution in [0.25, 0.3) is 0 Å². The van der Waals surface area contributed by atoms with Crippen molar-refractivity contribution in [3.05, 3.63) is 0 Å². The average molecular weight is 529 g/mol. The number of carboxylic acids is 1. The molecule has 10 nitrogen and oxygen atoms in total. The SMILES string of the molecule is CC(C)(C)OC(=O)CN1CCCN2CCN(CCCN(C(CCC(=O)O)C(O)OC(C)(C)C)CC2)CC1. The lowest BCUT2D eigenvalue weighted by Crippen LogP contribution is -2.52. The predicted molar refractivity (Wildman–Crippen MR) is 143 cm³/mol. The van der Waals surface area contributed by atoms with Gasteiger partial charge < -0.3 is 29.5 Å². The van der Waals surface area contributed by atoms with Crippen molar-refractivity contribution in [2.45, 2.75) is 90.8 Å². The standard InChI is InChI=1S/C27H52N4O6/c1-26(2,3)36-24(34)21-30-13-7-11-29-16-15-28(17-18-30)12-8-14-31(20-19-29)22(9-10-23(32)33)25(35)37-27(4,5)6/h22,25,35H,7-21H2,1-6H3,(H,32,33). The number of rotatable bonds is 8. The van der Waals surface area contributed by atoms with Crippen molar-refractivity contribution >= 4 is 11.9 Å². The lowest BCUT2D eigenvalue weighted by Gasteiger charge is -2.40. The average Bonchev–Trinajstić information content (AvgIpc) is 2.74. The monoisotopic (exact) mass is 528 g/mol. The molecule has 0 spiro atoms. The third kappa shape index (κ3) is 13.4. The van der Waals surface area contributed by atoms with Gasteiger partial charge in [-0.05, 0) is 80.4 Å². The number of aliphatic hydroxyl groups excluding tert-OH is 1. The fourth-order valence-electron chi connectivity index (χ4n) is 5.01. The van der Waals surface area contributed by atoms with Crippen LogP contribution < -0.4 is 0 Å². The Balaban J connectivity index is 2.07. The lowest BCUT2D eigenvalue weighted by molar-refractivity contribution is -0.199. The summed E-state index contributed by atoms with van der Waals surface area (Å²) in [5.74, 6) is -1.03. The van der Waals surface area contributed by atoms with E-state index in [1.165, 1.54) is 0 Å². The molecule has 0 aromatic heterocycles. The molecule has 2 bridgehead atoms. The van der Waals surface area contributed by atoms with E-state index in [0.717, 1.165) is 78.3 Å². The van der Waals surface area contributed by atoms with E-state index >= 15 is 0 Å². The minimum Gasteiger partial charge on any atom is -0.481 e. The predicted octanol–water partition coefficient (Wildman–Crippen LogP) is 1.71. The molecule has 0 aliphatic carbocycles. The normalized spacial score (nSPS) is 25.3. The topological polar surface area (TPSA) is 106 Å². The summed E-state index contributed by atoms with van der Waals surface area (Å²) in [4.78, 5) is 33.1. The Morgan fingerprint density at radius 3 is 1.92 bits per heavy atom. The van der Waals surface area contributed by atoms with Crippen molar-refractivity contribution < 1.29 is 29.3 Å². The quantitative estimate of drug-likeness (QED) is 0.357. The summed E-state index contributed by atoms with van der Waals surface area (Å²) in [6.45, 7) is 20.4. The summed E-state index contributed by atoms with van der Waals surface area (Å²) in [5, 5.41) is 20.3. The van der Waals surface area contributed by atoms with Crippen LogP contribution in [-0.4, -0.2) is 137 Å². The summed E-state index contributed by atoms with van der Waals surface area (Å²) in [7, 11) is 0. The largest absolute Gasteiger partial charge is 0.481 e. The second kappa shape index (κ2) is 14.7. The molecule has 0 aromatic carbocycles. The van der Waals surface area contributed by atoms with Gasteiger partial charge in [-0.2, -0.15) is 0 Å². The molecule has 2 heterocycles. The van der Waals surface area contributed by atoms with Gasteiger partial charge in [-0.25, -0.2) is 0 Å². The molecule has 37 heavy (non-hydrogen) atoms. The Hall–Kier alpha value is -1.30. The van der Waals surface area contributed by atoms with Crippen LogP contribution in [0.3, 0.4) is 0 Å². The van der Waals surface area contributed by atoms with E-state index in [4.69, 9.17) is 9.47 Å². The highest BCUT2D eigenvalue weighted by Gasteiger charge is 2.31. The minimum atomic E-state index is -1.05. The number of hydrogen-bond acceptors (Lipinski definition) is 9. The van der Waals surface area contributed by atoms with Gasteiger partial charge in [-0.3, -0.25) is 19.4 Å². The highest BCUT2D eigenvalue weighted by molar-refractivity contribution is 5.72. The van der Waals surface area contributed by atoms with Gasteiger partial charge in [0.1, 0.15) is 5.60 Å². The Labute approximate surface area is 223 Å². The maximum atomic E-state index is 12.4. The molecule has 0 amide bonds. The molecule has 4 unspecified atom stereocenters. The number of carbonyl (C=O) groups excluding carboxylic acids is 1. The lowest BCUT2D eigenvalue weighted by atomic mass is 10.1.